The first-order chi connectivity index (χ1) is 7.76. The number of hydrogen-bond acceptors (Lipinski definition) is 3. The third-order valence-corrected chi connectivity index (χ3v) is 2.71. The maximum atomic E-state index is 12.8. The van der Waals surface area contributed by atoms with E-state index >= 15 is 0 Å². The summed E-state index contributed by atoms with van der Waals surface area (Å²) < 4.78 is 18.0. The van der Waals surface area contributed by atoms with E-state index in [1.165, 1.54) is 4.90 Å². The molecule has 1 amide bonds. The lowest BCUT2D eigenvalue weighted by atomic mass is 10.00. The van der Waals surface area contributed by atoms with Gasteiger partial charge in [-0.25, -0.2) is 9.18 Å². The average Bonchev–Trinajstić information content (AvgIpc) is 2.39. The molecule has 4 nitrogen and oxygen atoms in total. The van der Waals surface area contributed by atoms with Gasteiger partial charge in [-0.1, -0.05) is 0 Å². The first kappa shape index (κ1) is 14.2. The van der Waals surface area contributed by atoms with E-state index in [-0.39, 0.29) is 6.54 Å². The second-order valence-electron chi connectivity index (χ2n) is 5.72. The molecule has 17 heavy (non-hydrogen) atoms. The molecule has 0 saturated carbocycles. The lowest BCUT2D eigenvalue weighted by Crippen LogP contribution is -2.47. The summed E-state index contributed by atoms with van der Waals surface area (Å²) in [6, 6.07) is 0. The summed E-state index contributed by atoms with van der Waals surface area (Å²) in [7, 11) is 0. The van der Waals surface area contributed by atoms with E-state index in [9.17, 15) is 14.3 Å². The molecule has 1 aliphatic heterocycles. The Hall–Kier alpha value is -0.840. The molecule has 100 valence electrons. The van der Waals surface area contributed by atoms with Crippen LogP contribution in [0.25, 0.3) is 0 Å². The number of rotatable bonds is 1. The Morgan fingerprint density at radius 2 is 2.12 bits per heavy atom. The lowest BCUT2D eigenvalue weighted by Gasteiger charge is -2.31. The largest absolute Gasteiger partial charge is 0.444 e. The van der Waals surface area contributed by atoms with Crippen LogP contribution in [0.2, 0.25) is 0 Å². The summed E-state index contributed by atoms with van der Waals surface area (Å²) in [5, 5.41) is 9.95. The zero-order chi connectivity index (χ0) is 13.1. The summed E-state index contributed by atoms with van der Waals surface area (Å²) in [5.74, 6) is 0. The minimum Gasteiger partial charge on any atom is -0.444 e. The van der Waals surface area contributed by atoms with Crippen LogP contribution in [0.3, 0.4) is 0 Å². The zero-order valence-electron chi connectivity index (χ0n) is 10.8. The summed E-state index contributed by atoms with van der Waals surface area (Å²) in [6.07, 6.45) is 1.40. The fraction of sp³-hybridized carbons (Fsp3) is 0.917. The van der Waals surface area contributed by atoms with E-state index in [0.29, 0.717) is 13.0 Å². The fourth-order valence-electron chi connectivity index (χ4n) is 1.86. The molecule has 1 saturated heterocycles. The maximum absolute atomic E-state index is 12.8. The van der Waals surface area contributed by atoms with E-state index in [2.05, 4.69) is 0 Å². The van der Waals surface area contributed by atoms with Crippen molar-refractivity contribution in [3.63, 3.8) is 0 Å². The third kappa shape index (κ3) is 4.50. The van der Waals surface area contributed by atoms with Gasteiger partial charge in [0, 0.05) is 6.54 Å². The topological polar surface area (TPSA) is 49.8 Å². The molecule has 1 N–H and O–H groups in total. The maximum Gasteiger partial charge on any atom is 0.410 e. The first-order valence-electron chi connectivity index (χ1n) is 6.02. The number of carbonyl (C=O) groups is 1. The molecule has 0 aromatic heterocycles. The molecule has 1 rings (SSSR count). The normalized spacial score (nSPS) is 26.5. The van der Waals surface area contributed by atoms with Crippen molar-refractivity contribution in [2.45, 2.75) is 51.2 Å². The van der Waals surface area contributed by atoms with Gasteiger partial charge < -0.3 is 14.7 Å². The van der Waals surface area contributed by atoms with Crippen molar-refractivity contribution in [2.24, 2.45) is 0 Å². The van der Waals surface area contributed by atoms with Gasteiger partial charge >= 0.3 is 6.09 Å². The van der Waals surface area contributed by atoms with Gasteiger partial charge in [-0.15, -0.1) is 0 Å². The number of halogens is 1. The van der Waals surface area contributed by atoms with Gasteiger partial charge in [0.05, 0.1) is 6.54 Å². The predicted molar refractivity (Wildman–Crippen MR) is 62.6 cm³/mol. The molecule has 0 unspecified atom stereocenters. The molecule has 1 fully saturated rings. The Labute approximate surface area is 102 Å². The van der Waals surface area contributed by atoms with Crippen molar-refractivity contribution < 1.29 is 19.0 Å². The summed E-state index contributed by atoms with van der Waals surface area (Å²) >= 11 is 0. The van der Waals surface area contributed by atoms with Crippen LogP contribution in [0.5, 0.6) is 0 Å². The van der Waals surface area contributed by atoms with Crippen molar-refractivity contribution in [2.75, 3.05) is 19.8 Å². The fourth-order valence-corrected chi connectivity index (χ4v) is 1.86. The number of amides is 1. The van der Waals surface area contributed by atoms with E-state index in [0.717, 1.165) is 12.8 Å². The second-order valence-corrected chi connectivity index (χ2v) is 5.72. The molecule has 0 spiro atoms. The van der Waals surface area contributed by atoms with Gasteiger partial charge in [0.15, 0.2) is 0 Å². The summed E-state index contributed by atoms with van der Waals surface area (Å²) in [4.78, 5) is 13.2. The molecule has 0 aromatic carbocycles. The first-order valence-corrected chi connectivity index (χ1v) is 6.02. The highest BCUT2D eigenvalue weighted by Gasteiger charge is 2.35. The van der Waals surface area contributed by atoms with Gasteiger partial charge in [0.1, 0.15) is 17.9 Å². The monoisotopic (exact) mass is 247 g/mol. The number of alkyl halides is 1. The molecule has 1 aliphatic rings. The standard InChI is InChI=1S/C12H22FNO3/c1-11(2,3)17-10(15)14-7-5-4-6-12(16,8-13)9-14/h16H,4-9H2,1-3H3/t12-/m1/s1. The number of carbonyl (C=O) groups excluding carboxylic acids is 1. The van der Waals surface area contributed by atoms with Crippen molar-refractivity contribution in [3.05, 3.63) is 0 Å². The predicted octanol–water partition coefficient (Wildman–Crippen LogP) is 2.11. The Kier molecular flexibility index (Phi) is 4.36. The number of nitrogens with zero attached hydrogens (tertiary/aromatic N) is 1. The van der Waals surface area contributed by atoms with Gasteiger partial charge in [-0.05, 0) is 40.0 Å². The van der Waals surface area contributed by atoms with Gasteiger partial charge in [-0.3, -0.25) is 0 Å². The van der Waals surface area contributed by atoms with Crippen LogP contribution >= 0.6 is 0 Å². The molecule has 1 atom stereocenters. The van der Waals surface area contributed by atoms with Crippen molar-refractivity contribution in [3.8, 4) is 0 Å². The zero-order valence-corrected chi connectivity index (χ0v) is 10.8. The van der Waals surface area contributed by atoms with Crippen molar-refractivity contribution >= 4 is 6.09 Å². The van der Waals surface area contributed by atoms with E-state index in [4.69, 9.17) is 4.74 Å². The number of β-amino-alcohol motifs (C(OH)–C–C–N with tert-alkyl or cyclic N) is 1. The Morgan fingerprint density at radius 3 is 2.65 bits per heavy atom. The molecule has 5 heteroatoms. The van der Waals surface area contributed by atoms with E-state index in [1.54, 1.807) is 20.8 Å². The van der Waals surface area contributed by atoms with Crippen LogP contribution < -0.4 is 0 Å². The third-order valence-electron chi connectivity index (χ3n) is 2.71. The van der Waals surface area contributed by atoms with E-state index < -0.39 is 24.0 Å². The summed E-state index contributed by atoms with van der Waals surface area (Å²) in [5.41, 5.74) is -1.98. The Balaban J connectivity index is 2.66. The minimum atomic E-state index is -1.41. The van der Waals surface area contributed by atoms with Gasteiger partial charge in [0.2, 0.25) is 0 Å². The quantitative estimate of drug-likeness (QED) is 0.772. The highest BCUT2D eigenvalue weighted by molar-refractivity contribution is 5.68. The number of likely N-dealkylation sites (tertiary alicyclic amines) is 1. The Bertz CT molecular complexity index is 277. The highest BCUT2D eigenvalue weighted by Crippen LogP contribution is 2.22. The van der Waals surface area contributed by atoms with Crippen molar-refractivity contribution in [1.82, 2.24) is 4.90 Å². The number of hydrogen-bond donors (Lipinski definition) is 1. The van der Waals surface area contributed by atoms with Crippen LogP contribution in [0.1, 0.15) is 40.0 Å². The molecule has 0 radical (unpaired) electrons. The average molecular weight is 247 g/mol. The highest BCUT2D eigenvalue weighted by atomic mass is 19.1. The van der Waals surface area contributed by atoms with E-state index in [1.807, 2.05) is 0 Å². The van der Waals surface area contributed by atoms with Crippen LogP contribution in [-0.2, 0) is 4.74 Å². The van der Waals surface area contributed by atoms with Crippen LogP contribution in [0, 0.1) is 0 Å². The summed E-state index contributed by atoms with van der Waals surface area (Å²) in [6.45, 7) is 5.04. The lowest BCUT2D eigenvalue weighted by molar-refractivity contribution is -0.0262. The van der Waals surface area contributed by atoms with Gasteiger partial charge in [0.25, 0.3) is 0 Å². The molecular weight excluding hydrogens is 225 g/mol. The number of aliphatic hydroxyl groups is 1. The van der Waals surface area contributed by atoms with Crippen LogP contribution in [-0.4, -0.2) is 47.1 Å². The smallest absolute Gasteiger partial charge is 0.410 e. The molecule has 1 heterocycles. The Morgan fingerprint density at radius 1 is 1.47 bits per heavy atom. The second kappa shape index (κ2) is 5.21. The van der Waals surface area contributed by atoms with Crippen molar-refractivity contribution in [1.29, 1.82) is 0 Å². The van der Waals surface area contributed by atoms with Gasteiger partial charge in [-0.2, -0.15) is 0 Å². The van der Waals surface area contributed by atoms with Crippen LogP contribution in [0.4, 0.5) is 9.18 Å². The van der Waals surface area contributed by atoms with Crippen LogP contribution in [0.15, 0.2) is 0 Å². The molecule has 0 aliphatic carbocycles. The number of ether oxygens (including phenoxy) is 1. The molecule has 0 bridgehead atoms. The molecule has 0 aromatic rings. The molecular formula is C12H22FNO3. The minimum absolute atomic E-state index is 0.0123. The SMILES string of the molecule is CC(C)(C)OC(=O)N1CCCC[C@@](O)(CF)C1.